The zero-order chi connectivity index (χ0) is 29.2. The number of ether oxygens (including phenoxy) is 3. The molecule has 5 aromatic rings. The van der Waals surface area contributed by atoms with Crippen molar-refractivity contribution in [3.63, 3.8) is 0 Å². The van der Waals surface area contributed by atoms with E-state index in [1.165, 1.54) is 24.8 Å². The van der Waals surface area contributed by atoms with E-state index < -0.39 is 6.36 Å². The monoisotopic (exact) mass is 582 g/mol. The number of rotatable bonds is 15. The second kappa shape index (κ2) is 13.9. The number of H-pyrrole nitrogens is 1. The lowest BCUT2D eigenvalue weighted by atomic mass is 10.1. The molecule has 10 nitrogen and oxygen atoms in total. The Bertz CT molecular complexity index is 1540. The normalized spacial score (nSPS) is 11.7. The fourth-order valence-corrected chi connectivity index (χ4v) is 4.42. The van der Waals surface area contributed by atoms with Crippen molar-refractivity contribution in [2.75, 3.05) is 26.4 Å². The summed E-state index contributed by atoms with van der Waals surface area (Å²) >= 11 is 0. The van der Waals surface area contributed by atoms with E-state index in [0.717, 1.165) is 34.9 Å². The van der Waals surface area contributed by atoms with Gasteiger partial charge in [-0.25, -0.2) is 4.98 Å². The fraction of sp³-hybridized carbons (Fsp3) is 0.310. The molecule has 13 heteroatoms. The Morgan fingerprint density at radius 3 is 2.64 bits per heavy atom. The summed E-state index contributed by atoms with van der Waals surface area (Å²) in [5.41, 5.74) is 4.67. The van der Waals surface area contributed by atoms with E-state index in [-0.39, 0.29) is 5.75 Å². The van der Waals surface area contributed by atoms with Crippen LogP contribution in [0.2, 0.25) is 0 Å². The molecule has 2 aromatic carbocycles. The predicted octanol–water partition coefficient (Wildman–Crippen LogP) is 5.46. The highest BCUT2D eigenvalue weighted by Gasteiger charge is 2.31. The Hall–Kier alpha value is -4.49. The summed E-state index contributed by atoms with van der Waals surface area (Å²) < 4.78 is 59.3. The molecule has 42 heavy (non-hydrogen) atoms. The third kappa shape index (κ3) is 8.51. The molecule has 0 spiro atoms. The lowest BCUT2D eigenvalue weighted by molar-refractivity contribution is -0.274. The van der Waals surface area contributed by atoms with E-state index in [4.69, 9.17) is 13.9 Å². The first kappa shape index (κ1) is 29.0. The van der Waals surface area contributed by atoms with Gasteiger partial charge in [0.25, 0.3) is 0 Å². The van der Waals surface area contributed by atoms with Gasteiger partial charge in [0.2, 0.25) is 0 Å². The van der Waals surface area contributed by atoms with Gasteiger partial charge in [0.05, 0.1) is 41.8 Å². The van der Waals surface area contributed by atoms with E-state index >= 15 is 0 Å². The topological polar surface area (TPSA) is 120 Å². The van der Waals surface area contributed by atoms with Gasteiger partial charge >= 0.3 is 6.36 Å². The van der Waals surface area contributed by atoms with E-state index in [9.17, 15) is 13.2 Å². The Balaban J connectivity index is 1.02. The van der Waals surface area contributed by atoms with Crippen LogP contribution in [0.25, 0.3) is 22.0 Å². The SMILES string of the molecule is FC(F)(F)Oc1cc(CNCCCCOCCOc2cc(-c3ccnnc3)cc3[nH]ncc23)cc(Cc2cocn2)c1. The van der Waals surface area contributed by atoms with Crippen LogP contribution in [-0.2, 0) is 17.7 Å². The number of alkyl halides is 3. The number of oxazole rings is 1. The van der Waals surface area contributed by atoms with Crippen molar-refractivity contribution in [1.29, 1.82) is 0 Å². The predicted molar refractivity (Wildman–Crippen MR) is 147 cm³/mol. The Kier molecular flexibility index (Phi) is 9.62. The first-order valence-corrected chi connectivity index (χ1v) is 13.3. The number of hydrogen-bond donors (Lipinski definition) is 2. The molecular weight excluding hydrogens is 553 g/mol. The van der Waals surface area contributed by atoms with Crippen molar-refractivity contribution >= 4 is 10.9 Å². The zero-order valence-electron chi connectivity index (χ0n) is 22.6. The number of nitrogens with one attached hydrogen (secondary N) is 2. The molecule has 2 N–H and O–H groups in total. The molecule has 0 atom stereocenters. The molecule has 0 aliphatic carbocycles. The molecule has 0 aliphatic rings. The van der Waals surface area contributed by atoms with E-state index in [1.807, 2.05) is 24.3 Å². The van der Waals surface area contributed by atoms with Crippen LogP contribution in [0.1, 0.15) is 29.7 Å². The molecule has 0 unspecified atom stereocenters. The number of aromatic amines is 1. The molecule has 220 valence electrons. The highest BCUT2D eigenvalue weighted by atomic mass is 19.4. The highest BCUT2D eigenvalue weighted by molar-refractivity contribution is 5.89. The van der Waals surface area contributed by atoms with Gasteiger partial charge in [-0.1, -0.05) is 6.07 Å². The summed E-state index contributed by atoms with van der Waals surface area (Å²) in [6.45, 7) is 2.44. The highest BCUT2D eigenvalue weighted by Crippen LogP contribution is 2.31. The number of benzene rings is 2. The lowest BCUT2D eigenvalue weighted by Crippen LogP contribution is -2.18. The van der Waals surface area contributed by atoms with Crippen molar-refractivity contribution in [3.8, 4) is 22.6 Å². The van der Waals surface area contributed by atoms with Crippen LogP contribution in [0, 0.1) is 0 Å². The molecular formula is C29H29F3N6O4. The summed E-state index contributed by atoms with van der Waals surface area (Å²) in [4.78, 5) is 4.04. The Morgan fingerprint density at radius 1 is 0.929 bits per heavy atom. The maximum atomic E-state index is 12.8. The quantitative estimate of drug-likeness (QED) is 0.155. The molecule has 0 fully saturated rings. The van der Waals surface area contributed by atoms with Crippen molar-refractivity contribution < 1.29 is 31.8 Å². The van der Waals surface area contributed by atoms with Crippen LogP contribution in [0.3, 0.4) is 0 Å². The van der Waals surface area contributed by atoms with Crippen LogP contribution in [-0.4, -0.2) is 58.1 Å². The summed E-state index contributed by atoms with van der Waals surface area (Å²) in [5, 5.41) is 19.0. The molecule has 0 bridgehead atoms. The second-order valence-corrected chi connectivity index (χ2v) is 9.47. The Labute approximate surface area is 239 Å². The van der Waals surface area contributed by atoms with Crippen molar-refractivity contribution in [3.05, 3.63) is 84.5 Å². The van der Waals surface area contributed by atoms with Gasteiger partial charge in [-0.2, -0.15) is 15.3 Å². The Morgan fingerprint density at radius 2 is 1.83 bits per heavy atom. The van der Waals surface area contributed by atoms with Crippen LogP contribution in [0.15, 0.2) is 72.1 Å². The standard InChI is InChI=1S/C29H29F3N6O4/c30-29(31,32)42-25-11-20(10-24-18-40-19-34-24)9-21(12-25)15-33-4-1-2-6-39-7-8-41-28-14-23(22-3-5-35-36-16-22)13-27-26(28)17-37-38-27/h3,5,9,11-14,16-19,33H,1-2,4,6-8,10,15H2,(H,37,38). The van der Waals surface area contributed by atoms with Gasteiger partial charge in [-0.15, -0.1) is 13.2 Å². The van der Waals surface area contributed by atoms with E-state index in [2.05, 4.69) is 35.4 Å². The van der Waals surface area contributed by atoms with E-state index in [0.29, 0.717) is 61.9 Å². The zero-order valence-corrected chi connectivity index (χ0v) is 22.6. The maximum absolute atomic E-state index is 12.8. The molecule has 5 rings (SSSR count). The maximum Gasteiger partial charge on any atom is 0.573 e. The molecule has 3 heterocycles. The van der Waals surface area contributed by atoms with Crippen LogP contribution >= 0.6 is 0 Å². The minimum atomic E-state index is -4.77. The van der Waals surface area contributed by atoms with Gasteiger partial charge in [0.1, 0.15) is 24.4 Å². The van der Waals surface area contributed by atoms with E-state index in [1.54, 1.807) is 18.6 Å². The molecule has 0 saturated carbocycles. The molecule has 0 saturated heterocycles. The first-order valence-electron chi connectivity index (χ1n) is 13.3. The molecule has 0 aliphatic heterocycles. The number of halogens is 3. The van der Waals surface area contributed by atoms with Crippen molar-refractivity contribution in [1.82, 2.24) is 30.7 Å². The summed E-state index contributed by atoms with van der Waals surface area (Å²) in [5.74, 6) is 0.445. The summed E-state index contributed by atoms with van der Waals surface area (Å²) in [6, 6.07) is 10.4. The van der Waals surface area contributed by atoms with Crippen LogP contribution in [0.4, 0.5) is 13.2 Å². The van der Waals surface area contributed by atoms with Gasteiger partial charge in [0, 0.05) is 25.1 Å². The largest absolute Gasteiger partial charge is 0.573 e. The first-order chi connectivity index (χ1) is 20.4. The molecule has 3 aromatic heterocycles. The number of nitrogens with zero attached hydrogens (tertiary/aromatic N) is 4. The van der Waals surface area contributed by atoms with Gasteiger partial charge in [-0.05, 0) is 66.4 Å². The summed E-state index contributed by atoms with van der Waals surface area (Å²) in [6.07, 6.45) is 5.02. The number of hydrogen-bond acceptors (Lipinski definition) is 9. The smallest absolute Gasteiger partial charge is 0.490 e. The minimum absolute atomic E-state index is 0.259. The van der Waals surface area contributed by atoms with Gasteiger partial charge in [-0.3, -0.25) is 5.10 Å². The average molecular weight is 583 g/mol. The molecule has 0 radical (unpaired) electrons. The van der Waals surface area contributed by atoms with Crippen LogP contribution in [0.5, 0.6) is 11.5 Å². The number of fused-ring (bicyclic) bond motifs is 1. The number of aromatic nitrogens is 5. The van der Waals surface area contributed by atoms with Crippen LogP contribution < -0.4 is 14.8 Å². The van der Waals surface area contributed by atoms with Gasteiger partial charge in [0.15, 0.2) is 6.39 Å². The minimum Gasteiger partial charge on any atom is -0.490 e. The second-order valence-electron chi connectivity index (χ2n) is 9.47. The lowest BCUT2D eigenvalue weighted by Gasteiger charge is -2.13. The van der Waals surface area contributed by atoms with Crippen molar-refractivity contribution in [2.45, 2.75) is 32.2 Å². The van der Waals surface area contributed by atoms with Gasteiger partial charge < -0.3 is 23.9 Å². The fourth-order valence-electron chi connectivity index (χ4n) is 4.42. The summed E-state index contributed by atoms with van der Waals surface area (Å²) in [7, 11) is 0. The third-order valence-corrected chi connectivity index (χ3v) is 6.27. The average Bonchev–Trinajstić information content (AvgIpc) is 3.66. The number of unbranched alkanes of at least 4 members (excludes halogenated alkanes) is 1. The van der Waals surface area contributed by atoms with Crippen molar-refractivity contribution in [2.24, 2.45) is 0 Å². The molecule has 0 amide bonds. The third-order valence-electron chi connectivity index (χ3n) is 6.27.